The Kier molecular flexibility index (Phi) is 8.41. The molecular formula is C25H29NO6. The number of hydrogen-bond acceptors (Lipinski definition) is 6. The van der Waals surface area contributed by atoms with Crippen molar-refractivity contribution in [2.75, 3.05) is 33.0 Å². The third kappa shape index (κ3) is 5.55. The molecule has 1 amide bonds. The first-order valence-electron chi connectivity index (χ1n) is 10.8. The number of Topliss-reactive ketones (excluding diaryl/α,β-unsaturated/α-hetero) is 1. The molecule has 0 saturated heterocycles. The van der Waals surface area contributed by atoms with Gasteiger partial charge in [0.25, 0.3) is 5.91 Å². The van der Waals surface area contributed by atoms with Gasteiger partial charge in [-0.2, -0.15) is 0 Å². The fourth-order valence-corrected chi connectivity index (χ4v) is 3.80. The van der Waals surface area contributed by atoms with Gasteiger partial charge in [0.05, 0.1) is 38.0 Å². The van der Waals surface area contributed by atoms with E-state index in [9.17, 15) is 14.7 Å². The summed E-state index contributed by atoms with van der Waals surface area (Å²) >= 11 is 0. The van der Waals surface area contributed by atoms with Gasteiger partial charge in [-0.25, -0.2) is 0 Å². The minimum Gasteiger partial charge on any atom is -0.503 e. The van der Waals surface area contributed by atoms with Crippen molar-refractivity contribution in [1.29, 1.82) is 0 Å². The number of aryl methyl sites for hydroxylation is 1. The average molecular weight is 440 g/mol. The topological polar surface area (TPSA) is 96.3 Å². The van der Waals surface area contributed by atoms with E-state index >= 15 is 0 Å². The normalized spacial score (nSPS) is 16.0. The van der Waals surface area contributed by atoms with Gasteiger partial charge in [0.2, 0.25) is 0 Å². The zero-order valence-electron chi connectivity index (χ0n) is 18.2. The summed E-state index contributed by atoms with van der Waals surface area (Å²) in [4.78, 5) is 27.5. The Balaban J connectivity index is 1.85. The second-order valence-corrected chi connectivity index (χ2v) is 7.41. The first-order valence-corrected chi connectivity index (χ1v) is 10.8. The van der Waals surface area contributed by atoms with Crippen molar-refractivity contribution in [2.45, 2.75) is 25.8 Å². The number of amides is 1. The quantitative estimate of drug-likeness (QED) is 0.494. The summed E-state index contributed by atoms with van der Waals surface area (Å²) < 4.78 is 10.8. The molecule has 1 aliphatic rings. The molecule has 2 aromatic carbocycles. The van der Waals surface area contributed by atoms with Crippen LogP contribution in [0.25, 0.3) is 0 Å². The molecule has 170 valence electrons. The molecule has 1 unspecified atom stereocenters. The fraction of sp³-hybridized carbons (Fsp3) is 0.360. The Labute approximate surface area is 187 Å². The summed E-state index contributed by atoms with van der Waals surface area (Å²) in [5.74, 6) is -0.690. The molecule has 0 aromatic heterocycles. The molecule has 1 aliphatic heterocycles. The highest BCUT2D eigenvalue weighted by Gasteiger charge is 2.42. The van der Waals surface area contributed by atoms with Crippen LogP contribution in [-0.4, -0.2) is 59.8 Å². The molecule has 7 heteroatoms. The van der Waals surface area contributed by atoms with Gasteiger partial charge in [0, 0.05) is 13.0 Å². The number of aliphatic hydroxyl groups is 2. The molecule has 2 aromatic rings. The van der Waals surface area contributed by atoms with Crippen LogP contribution in [0.1, 0.15) is 30.5 Å². The molecule has 0 fully saturated rings. The van der Waals surface area contributed by atoms with E-state index in [1.807, 2.05) is 37.3 Å². The van der Waals surface area contributed by atoms with Gasteiger partial charge >= 0.3 is 0 Å². The molecule has 0 bridgehead atoms. The summed E-state index contributed by atoms with van der Waals surface area (Å²) in [6, 6.07) is 16.1. The van der Waals surface area contributed by atoms with Crippen molar-refractivity contribution in [3.63, 3.8) is 0 Å². The summed E-state index contributed by atoms with van der Waals surface area (Å²) in [6.45, 7) is 2.80. The van der Waals surface area contributed by atoms with E-state index < -0.39 is 17.7 Å². The molecule has 0 radical (unpaired) electrons. The molecule has 32 heavy (non-hydrogen) atoms. The third-order valence-corrected chi connectivity index (χ3v) is 5.31. The van der Waals surface area contributed by atoms with E-state index in [4.69, 9.17) is 14.6 Å². The summed E-state index contributed by atoms with van der Waals surface area (Å²) in [5.41, 5.74) is 1.82. The van der Waals surface area contributed by atoms with Crippen LogP contribution in [0.15, 0.2) is 65.9 Å². The van der Waals surface area contributed by atoms with Gasteiger partial charge in [-0.15, -0.1) is 0 Å². The molecule has 0 aliphatic carbocycles. The average Bonchev–Trinajstić information content (AvgIpc) is 3.07. The Bertz CT molecular complexity index is 939. The Hall–Kier alpha value is -3.16. The lowest BCUT2D eigenvalue weighted by Crippen LogP contribution is -2.34. The van der Waals surface area contributed by atoms with Crippen molar-refractivity contribution in [2.24, 2.45) is 0 Å². The van der Waals surface area contributed by atoms with E-state index in [0.29, 0.717) is 24.3 Å². The maximum Gasteiger partial charge on any atom is 0.290 e. The smallest absolute Gasteiger partial charge is 0.290 e. The highest BCUT2D eigenvalue weighted by atomic mass is 16.5. The molecule has 1 heterocycles. The second kappa shape index (κ2) is 11.5. The van der Waals surface area contributed by atoms with Gasteiger partial charge in [0.1, 0.15) is 5.75 Å². The van der Waals surface area contributed by atoms with E-state index in [1.54, 1.807) is 24.3 Å². The van der Waals surface area contributed by atoms with Crippen LogP contribution in [-0.2, 0) is 20.7 Å². The van der Waals surface area contributed by atoms with E-state index in [2.05, 4.69) is 0 Å². The zero-order chi connectivity index (χ0) is 22.9. The van der Waals surface area contributed by atoms with Gasteiger partial charge in [0.15, 0.2) is 11.5 Å². The minimum atomic E-state index is -0.709. The number of ketones is 1. The Morgan fingerprint density at radius 2 is 1.78 bits per heavy atom. The van der Waals surface area contributed by atoms with Crippen molar-refractivity contribution in [3.05, 3.63) is 77.1 Å². The van der Waals surface area contributed by atoms with Gasteiger partial charge in [-0.05, 0) is 36.6 Å². The van der Waals surface area contributed by atoms with Crippen LogP contribution in [0, 0.1) is 0 Å². The fourth-order valence-electron chi connectivity index (χ4n) is 3.80. The predicted octanol–water partition coefficient (Wildman–Crippen LogP) is 2.99. The third-order valence-electron chi connectivity index (χ3n) is 5.31. The summed E-state index contributed by atoms with van der Waals surface area (Å²) in [7, 11) is 0. The van der Waals surface area contributed by atoms with E-state index in [1.165, 1.54) is 4.90 Å². The van der Waals surface area contributed by atoms with Gasteiger partial charge < -0.3 is 24.6 Å². The molecular weight excluding hydrogens is 410 g/mol. The molecule has 0 saturated carbocycles. The lowest BCUT2D eigenvalue weighted by Gasteiger charge is -2.27. The van der Waals surface area contributed by atoms with E-state index in [-0.39, 0.29) is 44.1 Å². The standard InChI is InChI=1S/C25H29NO6/c1-2-32-20-11-9-19(10-12-20)23-22(21(28)13-8-18-6-4-3-5-7-18)24(29)25(30)26(23)14-16-31-17-15-27/h3-7,9-12,23,27,29H,2,8,13-17H2,1H3. The monoisotopic (exact) mass is 439 g/mol. The summed E-state index contributed by atoms with van der Waals surface area (Å²) in [5, 5.41) is 19.5. The number of aliphatic hydroxyl groups excluding tert-OH is 2. The largest absolute Gasteiger partial charge is 0.503 e. The molecule has 2 N–H and O–H groups in total. The van der Waals surface area contributed by atoms with E-state index in [0.717, 1.165) is 5.56 Å². The maximum atomic E-state index is 13.2. The highest BCUT2D eigenvalue weighted by Crippen LogP contribution is 2.38. The Morgan fingerprint density at radius 3 is 2.44 bits per heavy atom. The lowest BCUT2D eigenvalue weighted by atomic mass is 9.93. The van der Waals surface area contributed by atoms with Crippen LogP contribution < -0.4 is 4.74 Å². The molecule has 0 spiro atoms. The van der Waals surface area contributed by atoms with Gasteiger partial charge in [-0.3, -0.25) is 9.59 Å². The second-order valence-electron chi connectivity index (χ2n) is 7.41. The number of nitrogens with zero attached hydrogens (tertiary/aromatic N) is 1. The first kappa shape index (κ1) is 23.5. The van der Waals surface area contributed by atoms with Crippen molar-refractivity contribution in [3.8, 4) is 5.75 Å². The Morgan fingerprint density at radius 1 is 1.06 bits per heavy atom. The lowest BCUT2D eigenvalue weighted by molar-refractivity contribution is -0.130. The van der Waals surface area contributed by atoms with Crippen LogP contribution in [0.5, 0.6) is 5.75 Å². The zero-order valence-corrected chi connectivity index (χ0v) is 18.2. The SMILES string of the molecule is CCOc1ccc(C2C(C(=O)CCc3ccccc3)=C(O)C(=O)N2CCOCCO)cc1. The van der Waals surface area contributed by atoms with Crippen LogP contribution in [0.4, 0.5) is 0 Å². The molecule has 1 atom stereocenters. The van der Waals surface area contributed by atoms with Crippen molar-refractivity contribution < 1.29 is 29.3 Å². The highest BCUT2D eigenvalue weighted by molar-refractivity contribution is 6.09. The molecule has 3 rings (SSSR count). The minimum absolute atomic E-state index is 0.109. The van der Waals surface area contributed by atoms with Crippen molar-refractivity contribution >= 4 is 11.7 Å². The van der Waals surface area contributed by atoms with Crippen LogP contribution in [0.2, 0.25) is 0 Å². The van der Waals surface area contributed by atoms with Crippen LogP contribution in [0.3, 0.4) is 0 Å². The number of carbonyl (C=O) groups is 2. The number of hydrogen-bond donors (Lipinski definition) is 2. The predicted molar refractivity (Wildman–Crippen MR) is 119 cm³/mol. The molecule has 7 nitrogen and oxygen atoms in total. The number of benzene rings is 2. The number of carbonyl (C=O) groups excluding carboxylic acids is 2. The maximum absolute atomic E-state index is 13.2. The van der Waals surface area contributed by atoms with Crippen LogP contribution >= 0.6 is 0 Å². The number of rotatable bonds is 12. The number of ether oxygens (including phenoxy) is 2. The summed E-state index contributed by atoms with van der Waals surface area (Å²) in [6.07, 6.45) is 0.694. The van der Waals surface area contributed by atoms with Crippen molar-refractivity contribution in [1.82, 2.24) is 4.90 Å². The first-order chi connectivity index (χ1) is 15.6. The van der Waals surface area contributed by atoms with Gasteiger partial charge in [-0.1, -0.05) is 42.5 Å².